The summed E-state index contributed by atoms with van der Waals surface area (Å²) in [6, 6.07) is 2.10. The molecule has 0 amide bonds. The van der Waals surface area contributed by atoms with E-state index < -0.39 is 0 Å². The zero-order valence-electron chi connectivity index (χ0n) is 13.4. The molecule has 0 aromatic carbocycles. The number of nitrogen functional groups attached to an aromatic ring is 1. The van der Waals surface area contributed by atoms with Crippen LogP contribution in [0.25, 0.3) is 0 Å². The molecule has 1 aromatic rings. The molecule has 0 radical (unpaired) electrons. The van der Waals surface area contributed by atoms with Crippen LogP contribution in [0.15, 0.2) is 0 Å². The van der Waals surface area contributed by atoms with Crippen molar-refractivity contribution in [2.45, 2.75) is 27.2 Å². The van der Waals surface area contributed by atoms with Crippen LogP contribution in [-0.2, 0) is 0 Å². The topological polar surface area (TPSA) is 82.2 Å². The molecule has 6 heteroatoms. The van der Waals surface area contributed by atoms with Crippen molar-refractivity contribution in [2.24, 2.45) is 5.41 Å². The second-order valence-corrected chi connectivity index (χ2v) is 7.21. The zero-order valence-corrected chi connectivity index (χ0v) is 14.2. The third kappa shape index (κ3) is 4.45. The van der Waals surface area contributed by atoms with E-state index in [4.69, 9.17) is 5.73 Å². The molecule has 0 aliphatic heterocycles. The lowest BCUT2D eigenvalue weighted by molar-refractivity contribution is 0.0993. The minimum Gasteiger partial charge on any atom is -0.396 e. The Balaban J connectivity index is 2.94. The number of rotatable bonds is 7. The molecule has 0 saturated heterocycles. The van der Waals surface area contributed by atoms with Crippen molar-refractivity contribution in [1.82, 2.24) is 4.90 Å². The predicted octanol–water partition coefficient (Wildman–Crippen LogP) is 2.79. The minimum absolute atomic E-state index is 0.0189. The summed E-state index contributed by atoms with van der Waals surface area (Å²) in [4.78, 5) is 14.5. The Kier molecular flexibility index (Phi) is 5.76. The van der Waals surface area contributed by atoms with Crippen molar-refractivity contribution >= 4 is 27.8 Å². The number of thiophene rings is 1. The third-order valence-electron chi connectivity index (χ3n) is 3.10. The van der Waals surface area contributed by atoms with E-state index in [0.717, 1.165) is 6.54 Å². The second-order valence-electron chi connectivity index (χ2n) is 6.19. The van der Waals surface area contributed by atoms with Crippen LogP contribution < -0.4 is 11.1 Å². The first-order valence-corrected chi connectivity index (χ1v) is 7.77. The number of Topliss-reactive ketones (excluding diaryl/α,β-unsaturated/α-hetero) is 1. The number of nitrogens with zero attached hydrogens (tertiary/aromatic N) is 2. The number of anilines is 2. The normalized spacial score (nSPS) is 11.5. The third-order valence-corrected chi connectivity index (χ3v) is 4.31. The highest BCUT2D eigenvalue weighted by atomic mass is 32.1. The summed E-state index contributed by atoms with van der Waals surface area (Å²) in [5.74, 6) is -0.0189. The molecular formula is C15H24N4OS. The lowest BCUT2D eigenvalue weighted by atomic mass is 9.93. The molecule has 0 atom stereocenters. The van der Waals surface area contributed by atoms with Crippen molar-refractivity contribution < 1.29 is 4.79 Å². The number of carbonyl (C=O) groups excluding carboxylic acids is 1. The average molecular weight is 308 g/mol. The van der Waals surface area contributed by atoms with E-state index >= 15 is 0 Å². The number of ketones is 1. The van der Waals surface area contributed by atoms with Crippen molar-refractivity contribution in [3.05, 3.63) is 10.4 Å². The molecular weight excluding hydrogens is 284 g/mol. The van der Waals surface area contributed by atoms with Gasteiger partial charge in [0.1, 0.15) is 16.6 Å². The molecule has 0 bridgehead atoms. The molecule has 1 aromatic heterocycles. The molecule has 0 unspecified atom stereocenters. The van der Waals surface area contributed by atoms with E-state index in [9.17, 15) is 10.1 Å². The zero-order chi connectivity index (χ0) is 16.2. The summed E-state index contributed by atoms with van der Waals surface area (Å²) in [6.45, 7) is 7.73. The summed E-state index contributed by atoms with van der Waals surface area (Å²) < 4.78 is 0. The van der Waals surface area contributed by atoms with E-state index in [1.165, 1.54) is 11.3 Å². The van der Waals surface area contributed by atoms with E-state index in [2.05, 4.69) is 30.1 Å². The van der Waals surface area contributed by atoms with Gasteiger partial charge in [0.15, 0.2) is 5.78 Å². The van der Waals surface area contributed by atoms with Crippen molar-refractivity contribution in [3.8, 4) is 6.07 Å². The Morgan fingerprint density at radius 2 is 2.10 bits per heavy atom. The summed E-state index contributed by atoms with van der Waals surface area (Å²) in [5.41, 5.74) is 6.67. The Hall–Kier alpha value is -1.58. The lowest BCUT2D eigenvalue weighted by Crippen LogP contribution is -2.34. The van der Waals surface area contributed by atoms with Gasteiger partial charge in [-0.2, -0.15) is 5.26 Å². The van der Waals surface area contributed by atoms with Crippen LogP contribution in [0.1, 0.15) is 42.4 Å². The van der Waals surface area contributed by atoms with E-state index in [1.54, 1.807) is 6.92 Å². The molecule has 0 fully saturated rings. The van der Waals surface area contributed by atoms with Crippen LogP contribution in [-0.4, -0.2) is 37.9 Å². The molecule has 5 nitrogen and oxygen atoms in total. The van der Waals surface area contributed by atoms with Gasteiger partial charge in [0.2, 0.25) is 0 Å². The van der Waals surface area contributed by atoms with E-state index in [0.29, 0.717) is 34.1 Å². The lowest BCUT2D eigenvalue weighted by Gasteiger charge is -2.28. The first kappa shape index (κ1) is 17.5. The average Bonchev–Trinajstić information content (AvgIpc) is 2.70. The van der Waals surface area contributed by atoms with Crippen LogP contribution in [0.5, 0.6) is 0 Å². The van der Waals surface area contributed by atoms with Crippen LogP contribution in [0, 0.1) is 16.7 Å². The first-order valence-electron chi connectivity index (χ1n) is 6.96. The molecule has 1 rings (SSSR count). The highest BCUT2D eigenvalue weighted by molar-refractivity contribution is 7.19. The van der Waals surface area contributed by atoms with Gasteiger partial charge in [-0.1, -0.05) is 20.8 Å². The number of hydrogen-bond acceptors (Lipinski definition) is 6. The minimum atomic E-state index is -0.0189. The Bertz CT molecular complexity index is 555. The number of hydrogen-bond donors (Lipinski definition) is 2. The van der Waals surface area contributed by atoms with Crippen LogP contribution in [0.4, 0.5) is 10.7 Å². The van der Waals surface area contributed by atoms with Crippen LogP contribution in [0.3, 0.4) is 0 Å². The first-order chi connectivity index (χ1) is 9.71. The van der Waals surface area contributed by atoms with E-state index in [-0.39, 0.29) is 11.2 Å². The number of nitriles is 1. The van der Waals surface area contributed by atoms with Gasteiger partial charge in [0.05, 0.1) is 10.6 Å². The summed E-state index contributed by atoms with van der Waals surface area (Å²) in [5, 5.41) is 13.2. The number of carbonyl (C=O) groups is 1. The molecule has 0 spiro atoms. The fourth-order valence-electron chi connectivity index (χ4n) is 2.28. The van der Waals surface area contributed by atoms with Gasteiger partial charge in [-0.25, -0.2) is 0 Å². The van der Waals surface area contributed by atoms with Gasteiger partial charge in [-0.15, -0.1) is 11.3 Å². The Labute approximate surface area is 130 Å². The maximum atomic E-state index is 11.8. The van der Waals surface area contributed by atoms with Gasteiger partial charge < -0.3 is 16.0 Å². The summed E-state index contributed by atoms with van der Waals surface area (Å²) in [6.07, 6.45) is 0.390. The Morgan fingerprint density at radius 3 is 2.57 bits per heavy atom. The quantitative estimate of drug-likeness (QED) is 0.757. The molecule has 1 heterocycles. The maximum absolute atomic E-state index is 11.8. The fraction of sp³-hybridized carbons (Fsp3) is 0.600. The van der Waals surface area contributed by atoms with Crippen molar-refractivity contribution in [3.63, 3.8) is 0 Å². The van der Waals surface area contributed by atoms with Gasteiger partial charge in [-0.3, -0.25) is 4.79 Å². The molecule has 0 saturated carbocycles. The van der Waals surface area contributed by atoms with Gasteiger partial charge in [-0.05, 0) is 19.5 Å². The smallest absolute Gasteiger partial charge is 0.174 e. The molecule has 0 aliphatic rings. The van der Waals surface area contributed by atoms with E-state index in [1.807, 2.05) is 14.1 Å². The van der Waals surface area contributed by atoms with Crippen molar-refractivity contribution in [2.75, 3.05) is 38.2 Å². The van der Waals surface area contributed by atoms with Gasteiger partial charge in [0.25, 0.3) is 0 Å². The maximum Gasteiger partial charge on any atom is 0.174 e. The fourth-order valence-corrected chi connectivity index (χ4v) is 3.35. The highest BCUT2D eigenvalue weighted by Crippen LogP contribution is 2.36. The molecule has 0 aliphatic carbocycles. The molecule has 3 N–H and O–H groups in total. The Morgan fingerprint density at radius 1 is 1.48 bits per heavy atom. The van der Waals surface area contributed by atoms with Gasteiger partial charge in [0, 0.05) is 19.5 Å². The van der Waals surface area contributed by atoms with Crippen LogP contribution in [0.2, 0.25) is 0 Å². The SMILES string of the molecule is CCC(=O)c1sc(NCC(C)(C)CN(C)C)c(C#N)c1N. The molecule has 21 heavy (non-hydrogen) atoms. The van der Waals surface area contributed by atoms with Crippen LogP contribution >= 0.6 is 11.3 Å². The largest absolute Gasteiger partial charge is 0.396 e. The predicted molar refractivity (Wildman–Crippen MR) is 88.9 cm³/mol. The van der Waals surface area contributed by atoms with Crippen molar-refractivity contribution in [1.29, 1.82) is 5.26 Å². The standard InChI is InChI=1S/C15H24N4OS/c1-6-11(20)13-12(17)10(7-16)14(21-13)18-8-15(2,3)9-19(4)5/h18H,6,8-9,17H2,1-5H3. The highest BCUT2D eigenvalue weighted by Gasteiger charge is 2.23. The second kappa shape index (κ2) is 6.92. The summed E-state index contributed by atoms with van der Waals surface area (Å²) >= 11 is 1.28. The van der Waals surface area contributed by atoms with Gasteiger partial charge >= 0.3 is 0 Å². The number of nitrogens with two attached hydrogens (primary N) is 1. The monoisotopic (exact) mass is 308 g/mol. The molecule has 116 valence electrons. The number of nitrogens with one attached hydrogen (secondary N) is 1. The summed E-state index contributed by atoms with van der Waals surface area (Å²) in [7, 11) is 4.06.